The van der Waals surface area contributed by atoms with Gasteiger partial charge < -0.3 is 4.74 Å². The van der Waals surface area contributed by atoms with Crippen LogP contribution in [0.2, 0.25) is 0 Å². The predicted molar refractivity (Wildman–Crippen MR) is 73.0 cm³/mol. The SMILES string of the molecule is COc1ccc(C#N)c(Sc2ccccc2C)c1. The number of nitriles is 1. The van der Waals surface area contributed by atoms with E-state index in [4.69, 9.17) is 10.00 Å². The standard InChI is InChI=1S/C15H13NOS/c1-11-5-3-4-6-14(11)18-15-9-13(17-2)8-7-12(15)10-16/h3-9H,1-2H3. The Morgan fingerprint density at radius 2 is 1.89 bits per heavy atom. The van der Waals surface area contributed by atoms with Crippen LogP contribution in [0.5, 0.6) is 5.75 Å². The summed E-state index contributed by atoms with van der Waals surface area (Å²) in [4.78, 5) is 2.08. The topological polar surface area (TPSA) is 33.0 Å². The summed E-state index contributed by atoms with van der Waals surface area (Å²) in [6.45, 7) is 2.06. The number of aryl methyl sites for hydroxylation is 1. The fourth-order valence-electron chi connectivity index (χ4n) is 1.60. The van der Waals surface area contributed by atoms with Crippen molar-refractivity contribution in [3.8, 4) is 11.8 Å². The van der Waals surface area contributed by atoms with Crippen LogP contribution in [-0.2, 0) is 0 Å². The van der Waals surface area contributed by atoms with Gasteiger partial charge in [-0.05, 0) is 36.8 Å². The Balaban J connectivity index is 2.39. The van der Waals surface area contributed by atoms with Crippen LogP contribution in [0.25, 0.3) is 0 Å². The van der Waals surface area contributed by atoms with Crippen LogP contribution in [0.4, 0.5) is 0 Å². The summed E-state index contributed by atoms with van der Waals surface area (Å²) in [6, 6.07) is 15.8. The summed E-state index contributed by atoms with van der Waals surface area (Å²) in [5.41, 5.74) is 1.87. The predicted octanol–water partition coefficient (Wildman–Crippen LogP) is 4.03. The van der Waals surface area contributed by atoms with Crippen LogP contribution in [0.3, 0.4) is 0 Å². The molecule has 90 valence electrons. The largest absolute Gasteiger partial charge is 0.497 e. The molecule has 0 N–H and O–H groups in total. The first kappa shape index (κ1) is 12.5. The van der Waals surface area contributed by atoms with Crippen molar-refractivity contribution < 1.29 is 4.74 Å². The third kappa shape index (κ3) is 2.66. The van der Waals surface area contributed by atoms with Gasteiger partial charge in [0.05, 0.1) is 12.7 Å². The molecule has 2 nitrogen and oxygen atoms in total. The summed E-state index contributed by atoms with van der Waals surface area (Å²) >= 11 is 1.59. The van der Waals surface area contributed by atoms with Crippen LogP contribution in [0.15, 0.2) is 52.3 Å². The van der Waals surface area contributed by atoms with Gasteiger partial charge in [-0.25, -0.2) is 0 Å². The van der Waals surface area contributed by atoms with E-state index in [-0.39, 0.29) is 0 Å². The molecule has 0 bridgehead atoms. The van der Waals surface area contributed by atoms with Crippen molar-refractivity contribution in [3.63, 3.8) is 0 Å². The van der Waals surface area contributed by atoms with Crippen molar-refractivity contribution in [2.75, 3.05) is 7.11 Å². The number of benzene rings is 2. The molecule has 0 fully saturated rings. The summed E-state index contributed by atoms with van der Waals surface area (Å²) in [5, 5.41) is 9.13. The van der Waals surface area contributed by atoms with Crippen LogP contribution in [-0.4, -0.2) is 7.11 Å². The van der Waals surface area contributed by atoms with E-state index in [1.54, 1.807) is 31.0 Å². The summed E-state index contributed by atoms with van der Waals surface area (Å²) in [7, 11) is 1.63. The Kier molecular flexibility index (Phi) is 3.91. The van der Waals surface area contributed by atoms with Crippen molar-refractivity contribution >= 4 is 11.8 Å². The number of methoxy groups -OCH3 is 1. The molecule has 2 aromatic carbocycles. The van der Waals surface area contributed by atoms with Gasteiger partial charge in [0.2, 0.25) is 0 Å². The molecule has 2 aromatic rings. The monoisotopic (exact) mass is 255 g/mol. The number of hydrogen-bond acceptors (Lipinski definition) is 3. The van der Waals surface area contributed by atoms with Crippen LogP contribution >= 0.6 is 11.8 Å². The Hall–Kier alpha value is -1.92. The lowest BCUT2D eigenvalue weighted by atomic mass is 10.2. The van der Waals surface area contributed by atoms with Crippen LogP contribution in [0.1, 0.15) is 11.1 Å². The highest BCUT2D eigenvalue weighted by molar-refractivity contribution is 7.99. The zero-order chi connectivity index (χ0) is 13.0. The number of hydrogen-bond donors (Lipinski definition) is 0. The molecule has 0 saturated carbocycles. The van der Waals surface area contributed by atoms with Crippen LogP contribution in [0, 0.1) is 18.3 Å². The summed E-state index contributed by atoms with van der Waals surface area (Å²) < 4.78 is 5.20. The molecule has 18 heavy (non-hydrogen) atoms. The molecule has 0 saturated heterocycles. The zero-order valence-corrected chi connectivity index (χ0v) is 11.1. The van der Waals surface area contributed by atoms with Gasteiger partial charge in [0.25, 0.3) is 0 Å². The molecular formula is C15H13NOS. The molecule has 0 heterocycles. The molecule has 0 aliphatic carbocycles. The molecule has 0 aliphatic heterocycles. The Morgan fingerprint density at radius 1 is 1.11 bits per heavy atom. The van der Waals surface area contributed by atoms with E-state index in [1.165, 1.54) is 5.56 Å². The minimum absolute atomic E-state index is 0.670. The molecule has 0 atom stereocenters. The fraction of sp³-hybridized carbons (Fsp3) is 0.133. The third-order valence-corrected chi connectivity index (χ3v) is 3.86. The maximum atomic E-state index is 9.13. The molecular weight excluding hydrogens is 242 g/mol. The highest BCUT2D eigenvalue weighted by Crippen LogP contribution is 2.34. The first-order chi connectivity index (χ1) is 8.74. The molecule has 0 aliphatic rings. The summed E-state index contributed by atoms with van der Waals surface area (Å²) in [6.07, 6.45) is 0. The first-order valence-electron chi connectivity index (χ1n) is 5.56. The first-order valence-corrected chi connectivity index (χ1v) is 6.38. The van der Waals surface area contributed by atoms with E-state index in [0.717, 1.165) is 15.5 Å². The average molecular weight is 255 g/mol. The second-order valence-corrected chi connectivity index (χ2v) is 4.93. The highest BCUT2D eigenvalue weighted by Gasteiger charge is 2.07. The smallest absolute Gasteiger partial charge is 0.120 e. The number of nitrogens with zero attached hydrogens (tertiary/aromatic N) is 1. The van der Waals surface area contributed by atoms with Crippen molar-refractivity contribution in [3.05, 3.63) is 53.6 Å². The lowest BCUT2D eigenvalue weighted by Crippen LogP contribution is -1.87. The zero-order valence-electron chi connectivity index (χ0n) is 10.3. The fourth-order valence-corrected chi connectivity index (χ4v) is 2.61. The molecule has 2 rings (SSSR count). The maximum Gasteiger partial charge on any atom is 0.120 e. The van der Waals surface area contributed by atoms with E-state index in [9.17, 15) is 0 Å². The van der Waals surface area contributed by atoms with Gasteiger partial charge in [0, 0.05) is 9.79 Å². The van der Waals surface area contributed by atoms with Crippen molar-refractivity contribution in [1.82, 2.24) is 0 Å². The molecule has 3 heteroatoms. The Morgan fingerprint density at radius 3 is 2.56 bits per heavy atom. The molecule has 0 spiro atoms. The van der Waals surface area contributed by atoms with E-state index >= 15 is 0 Å². The van der Waals surface area contributed by atoms with Gasteiger partial charge in [-0.15, -0.1) is 0 Å². The van der Waals surface area contributed by atoms with Gasteiger partial charge >= 0.3 is 0 Å². The van der Waals surface area contributed by atoms with Gasteiger partial charge in [-0.3, -0.25) is 0 Å². The Bertz CT molecular complexity index is 602. The lowest BCUT2D eigenvalue weighted by Gasteiger charge is -2.08. The van der Waals surface area contributed by atoms with E-state index in [1.807, 2.05) is 18.2 Å². The van der Waals surface area contributed by atoms with Crippen molar-refractivity contribution in [1.29, 1.82) is 5.26 Å². The normalized spacial score (nSPS) is 9.83. The second kappa shape index (κ2) is 5.61. The van der Waals surface area contributed by atoms with E-state index in [2.05, 4.69) is 25.1 Å². The summed E-state index contributed by atoms with van der Waals surface area (Å²) in [5.74, 6) is 0.769. The quantitative estimate of drug-likeness (QED) is 0.830. The van der Waals surface area contributed by atoms with Gasteiger partial charge in [0.15, 0.2) is 0 Å². The molecule has 0 amide bonds. The second-order valence-electron chi connectivity index (χ2n) is 3.84. The van der Waals surface area contributed by atoms with Crippen LogP contribution < -0.4 is 4.74 Å². The maximum absolute atomic E-state index is 9.13. The molecule has 0 unspecified atom stereocenters. The minimum Gasteiger partial charge on any atom is -0.497 e. The third-order valence-electron chi connectivity index (χ3n) is 2.62. The lowest BCUT2D eigenvalue weighted by molar-refractivity contribution is 0.413. The molecule has 0 aromatic heterocycles. The highest BCUT2D eigenvalue weighted by atomic mass is 32.2. The van der Waals surface area contributed by atoms with Crippen molar-refractivity contribution in [2.24, 2.45) is 0 Å². The number of ether oxygens (including phenoxy) is 1. The van der Waals surface area contributed by atoms with Crippen molar-refractivity contribution in [2.45, 2.75) is 16.7 Å². The number of rotatable bonds is 3. The Labute approximate surface area is 111 Å². The average Bonchev–Trinajstić information content (AvgIpc) is 2.41. The minimum atomic E-state index is 0.670. The van der Waals surface area contributed by atoms with Gasteiger partial charge in [0.1, 0.15) is 11.8 Å². The van der Waals surface area contributed by atoms with E-state index in [0.29, 0.717) is 5.56 Å². The molecule has 0 radical (unpaired) electrons. The van der Waals surface area contributed by atoms with E-state index < -0.39 is 0 Å². The van der Waals surface area contributed by atoms with Gasteiger partial charge in [-0.1, -0.05) is 30.0 Å². The van der Waals surface area contributed by atoms with Gasteiger partial charge in [-0.2, -0.15) is 5.26 Å².